The van der Waals surface area contributed by atoms with Crippen molar-refractivity contribution in [2.75, 3.05) is 20.7 Å². The maximum atomic E-state index is 11.7. The number of para-hydroxylation sites is 1. The van der Waals surface area contributed by atoms with E-state index in [1.807, 2.05) is 35.1 Å². The predicted octanol–water partition coefficient (Wildman–Crippen LogP) is 2.92. The minimum atomic E-state index is 0.117. The molecule has 0 N–H and O–H groups in total. The number of nitrogens with zero attached hydrogens (tertiary/aromatic N) is 2. The molecule has 1 heterocycles. The van der Waals surface area contributed by atoms with Gasteiger partial charge in [0, 0.05) is 35.8 Å². The third-order valence-corrected chi connectivity index (χ3v) is 4.78. The highest BCUT2D eigenvalue weighted by molar-refractivity contribution is 7.07. The molecule has 0 bridgehead atoms. The van der Waals surface area contributed by atoms with E-state index in [0.717, 1.165) is 23.6 Å². The van der Waals surface area contributed by atoms with Crippen molar-refractivity contribution >= 4 is 11.3 Å². The van der Waals surface area contributed by atoms with Gasteiger partial charge in [-0.3, -0.25) is 9.69 Å². The molecule has 0 aliphatic carbocycles. The zero-order valence-electron chi connectivity index (χ0n) is 13.0. The third kappa shape index (κ3) is 3.54. The molecular formula is C16H22N2O2S. The Morgan fingerprint density at radius 1 is 1.38 bits per heavy atom. The van der Waals surface area contributed by atoms with Crippen LogP contribution in [0.1, 0.15) is 24.2 Å². The zero-order chi connectivity index (χ0) is 15.4. The third-order valence-electron chi connectivity index (χ3n) is 3.90. The minimum absolute atomic E-state index is 0.117. The van der Waals surface area contributed by atoms with Crippen LogP contribution in [-0.2, 0) is 6.54 Å². The van der Waals surface area contributed by atoms with Crippen molar-refractivity contribution in [1.29, 1.82) is 0 Å². The summed E-state index contributed by atoms with van der Waals surface area (Å²) in [6.07, 6.45) is 0. The van der Waals surface area contributed by atoms with E-state index < -0.39 is 0 Å². The predicted molar refractivity (Wildman–Crippen MR) is 87.4 cm³/mol. The van der Waals surface area contributed by atoms with E-state index in [4.69, 9.17) is 4.74 Å². The van der Waals surface area contributed by atoms with Crippen LogP contribution in [-0.4, -0.2) is 30.2 Å². The summed E-state index contributed by atoms with van der Waals surface area (Å²) < 4.78 is 7.25. The molecule has 1 aromatic heterocycles. The zero-order valence-corrected chi connectivity index (χ0v) is 13.8. The first-order chi connectivity index (χ1) is 10.0. The Hall–Kier alpha value is -1.59. The molecule has 2 rings (SSSR count). The number of rotatable bonds is 6. The first-order valence-electron chi connectivity index (χ1n) is 7.02. The highest BCUT2D eigenvalue weighted by Crippen LogP contribution is 2.27. The van der Waals surface area contributed by atoms with Crippen LogP contribution >= 0.6 is 11.3 Å². The average Bonchev–Trinajstić information content (AvgIpc) is 2.82. The van der Waals surface area contributed by atoms with Crippen LogP contribution in [0.25, 0.3) is 0 Å². The van der Waals surface area contributed by atoms with Gasteiger partial charge in [-0.15, -0.1) is 0 Å². The van der Waals surface area contributed by atoms with Gasteiger partial charge in [0.1, 0.15) is 5.75 Å². The summed E-state index contributed by atoms with van der Waals surface area (Å²) in [4.78, 5) is 14.1. The lowest BCUT2D eigenvalue weighted by atomic mass is 10.1. The Morgan fingerprint density at radius 2 is 2.10 bits per heavy atom. The van der Waals surface area contributed by atoms with Crippen molar-refractivity contribution in [3.63, 3.8) is 0 Å². The van der Waals surface area contributed by atoms with Gasteiger partial charge in [-0.05, 0) is 27.0 Å². The highest BCUT2D eigenvalue weighted by atomic mass is 32.1. The Labute approximate surface area is 129 Å². The fraction of sp³-hybridized carbons (Fsp3) is 0.438. The van der Waals surface area contributed by atoms with Crippen LogP contribution in [0.3, 0.4) is 0 Å². The van der Waals surface area contributed by atoms with Crippen molar-refractivity contribution in [1.82, 2.24) is 9.47 Å². The van der Waals surface area contributed by atoms with Gasteiger partial charge in [0.15, 0.2) is 0 Å². The van der Waals surface area contributed by atoms with Gasteiger partial charge in [0.25, 0.3) is 0 Å². The van der Waals surface area contributed by atoms with Gasteiger partial charge < -0.3 is 9.30 Å². The van der Waals surface area contributed by atoms with Crippen molar-refractivity contribution in [2.24, 2.45) is 0 Å². The summed E-state index contributed by atoms with van der Waals surface area (Å²) in [6.45, 7) is 5.66. The first kappa shape index (κ1) is 15.8. The van der Waals surface area contributed by atoms with E-state index in [0.29, 0.717) is 6.54 Å². The Balaban J connectivity index is 2.06. The van der Waals surface area contributed by atoms with E-state index in [9.17, 15) is 4.79 Å². The average molecular weight is 306 g/mol. The topological polar surface area (TPSA) is 34.5 Å². The number of hydrogen-bond acceptors (Lipinski definition) is 4. The van der Waals surface area contributed by atoms with E-state index in [1.54, 1.807) is 7.11 Å². The summed E-state index contributed by atoms with van der Waals surface area (Å²) in [6, 6.07) is 8.30. The van der Waals surface area contributed by atoms with Crippen molar-refractivity contribution < 1.29 is 4.74 Å². The summed E-state index contributed by atoms with van der Waals surface area (Å²) >= 11 is 1.26. The molecule has 0 aliphatic rings. The second-order valence-electron chi connectivity index (χ2n) is 5.19. The van der Waals surface area contributed by atoms with Crippen LogP contribution in [0.5, 0.6) is 5.75 Å². The first-order valence-corrected chi connectivity index (χ1v) is 7.90. The van der Waals surface area contributed by atoms with Crippen molar-refractivity contribution in [3.05, 3.63) is 50.6 Å². The molecule has 0 spiro atoms. The molecule has 1 atom stereocenters. The molecule has 114 valence electrons. The number of aromatic nitrogens is 1. The standard InChI is InChI=1S/C16H22N2O2S/c1-12-11-21-16(19)18(12)10-9-17(3)13(2)14-7-5-6-8-15(14)20-4/h5-8,11,13H,9-10H2,1-4H3/t13-/m0/s1. The van der Waals surface area contributed by atoms with Gasteiger partial charge in [0.2, 0.25) is 0 Å². The fourth-order valence-electron chi connectivity index (χ4n) is 2.37. The molecule has 0 radical (unpaired) electrons. The lowest BCUT2D eigenvalue weighted by Gasteiger charge is -2.26. The van der Waals surface area contributed by atoms with Gasteiger partial charge in [-0.25, -0.2) is 0 Å². The van der Waals surface area contributed by atoms with Crippen LogP contribution in [0.4, 0.5) is 0 Å². The summed E-state index contributed by atoms with van der Waals surface area (Å²) in [5.74, 6) is 0.903. The quantitative estimate of drug-likeness (QED) is 0.823. The molecule has 0 saturated carbocycles. The lowest BCUT2D eigenvalue weighted by molar-refractivity contribution is 0.244. The molecule has 21 heavy (non-hydrogen) atoms. The largest absolute Gasteiger partial charge is 0.496 e. The molecule has 5 heteroatoms. The number of methoxy groups -OCH3 is 1. The van der Waals surface area contributed by atoms with Crippen LogP contribution in [0.2, 0.25) is 0 Å². The van der Waals surface area contributed by atoms with Crippen LogP contribution in [0.15, 0.2) is 34.4 Å². The molecule has 2 aromatic rings. The lowest BCUT2D eigenvalue weighted by Crippen LogP contribution is -2.29. The van der Waals surface area contributed by atoms with Gasteiger partial charge >= 0.3 is 4.87 Å². The number of likely N-dealkylation sites (N-methyl/N-ethyl adjacent to an activating group) is 1. The van der Waals surface area contributed by atoms with Gasteiger partial charge in [0.05, 0.1) is 7.11 Å². The number of thiazole rings is 1. The van der Waals surface area contributed by atoms with Gasteiger partial charge in [-0.1, -0.05) is 29.5 Å². The maximum absolute atomic E-state index is 11.7. The number of aryl methyl sites for hydroxylation is 1. The second kappa shape index (κ2) is 6.91. The minimum Gasteiger partial charge on any atom is -0.496 e. The maximum Gasteiger partial charge on any atom is 0.307 e. The highest BCUT2D eigenvalue weighted by Gasteiger charge is 2.16. The Kier molecular flexibility index (Phi) is 5.20. The van der Waals surface area contributed by atoms with Crippen molar-refractivity contribution in [3.8, 4) is 5.75 Å². The van der Waals surface area contributed by atoms with Crippen LogP contribution in [0, 0.1) is 6.92 Å². The molecule has 0 aliphatic heterocycles. The van der Waals surface area contributed by atoms with E-state index in [1.165, 1.54) is 11.3 Å². The summed E-state index contributed by atoms with van der Waals surface area (Å²) in [7, 11) is 3.77. The second-order valence-corrected chi connectivity index (χ2v) is 6.01. The molecule has 1 aromatic carbocycles. The SMILES string of the molecule is COc1ccccc1[C@H](C)N(C)CCn1c(C)csc1=O. The monoisotopic (exact) mass is 306 g/mol. The Bertz CT molecular complexity index is 648. The Morgan fingerprint density at radius 3 is 2.71 bits per heavy atom. The number of ether oxygens (including phenoxy) is 1. The van der Waals surface area contributed by atoms with E-state index in [-0.39, 0.29) is 10.9 Å². The van der Waals surface area contributed by atoms with E-state index in [2.05, 4.69) is 24.9 Å². The van der Waals surface area contributed by atoms with Crippen LogP contribution < -0.4 is 9.61 Å². The molecule has 4 nitrogen and oxygen atoms in total. The summed E-state index contributed by atoms with van der Waals surface area (Å²) in [5, 5.41) is 1.91. The van der Waals surface area contributed by atoms with E-state index >= 15 is 0 Å². The van der Waals surface area contributed by atoms with Crippen molar-refractivity contribution in [2.45, 2.75) is 26.4 Å². The summed E-state index contributed by atoms with van der Waals surface area (Å²) in [5.41, 5.74) is 2.19. The number of hydrogen-bond donors (Lipinski definition) is 0. The normalized spacial score (nSPS) is 12.6. The molecular weight excluding hydrogens is 284 g/mol. The number of benzene rings is 1. The molecule has 0 unspecified atom stereocenters. The molecule has 0 fully saturated rings. The fourth-order valence-corrected chi connectivity index (χ4v) is 3.14. The van der Waals surface area contributed by atoms with Gasteiger partial charge in [-0.2, -0.15) is 0 Å². The smallest absolute Gasteiger partial charge is 0.307 e. The molecule has 0 saturated heterocycles. The molecule has 0 amide bonds.